The number of hydrogen-bond donors (Lipinski definition) is 0. The first-order chi connectivity index (χ1) is 11.7. The Bertz CT molecular complexity index is 608. The van der Waals surface area contributed by atoms with Crippen LogP contribution < -0.4 is 0 Å². The number of nitrogens with zero attached hydrogens (tertiary/aromatic N) is 2. The first-order valence-corrected chi connectivity index (χ1v) is 8.39. The van der Waals surface area contributed by atoms with Gasteiger partial charge in [-0.1, -0.05) is 18.2 Å². The fourth-order valence-corrected chi connectivity index (χ4v) is 2.23. The van der Waals surface area contributed by atoms with Gasteiger partial charge in [-0.25, -0.2) is 4.79 Å². The van der Waals surface area contributed by atoms with Crippen molar-refractivity contribution < 1.29 is 19.1 Å². The molecule has 0 N–H and O–H groups in total. The van der Waals surface area contributed by atoms with E-state index < -0.39 is 5.60 Å². The molecule has 2 amide bonds. The first-order valence-electron chi connectivity index (χ1n) is 8.39. The van der Waals surface area contributed by atoms with Crippen LogP contribution in [0.3, 0.4) is 0 Å². The van der Waals surface area contributed by atoms with Crippen molar-refractivity contribution in [2.24, 2.45) is 0 Å². The molecule has 0 spiro atoms. The summed E-state index contributed by atoms with van der Waals surface area (Å²) in [5.41, 5.74) is 0.291. The zero-order valence-electron chi connectivity index (χ0n) is 15.7. The summed E-state index contributed by atoms with van der Waals surface area (Å²) in [6.45, 7) is 6.60. The van der Waals surface area contributed by atoms with E-state index in [1.165, 1.54) is 4.90 Å². The van der Waals surface area contributed by atoms with Gasteiger partial charge in [-0.3, -0.25) is 9.59 Å². The Labute approximate surface area is 149 Å². The molecule has 0 aliphatic heterocycles. The summed E-state index contributed by atoms with van der Waals surface area (Å²) in [7, 11) is 3.41. The van der Waals surface area contributed by atoms with E-state index in [1.54, 1.807) is 43.3 Å². The Morgan fingerprint density at radius 1 is 1.04 bits per heavy atom. The molecule has 0 heterocycles. The first kappa shape index (κ1) is 20.7. The van der Waals surface area contributed by atoms with E-state index in [0.717, 1.165) is 12.8 Å². The molecule has 0 unspecified atom stereocenters. The third kappa shape index (κ3) is 6.95. The van der Waals surface area contributed by atoms with E-state index in [0.29, 0.717) is 30.5 Å². The quantitative estimate of drug-likeness (QED) is 0.560. The van der Waals surface area contributed by atoms with Crippen LogP contribution in [0.4, 0.5) is 4.79 Å². The number of ether oxygens (including phenoxy) is 1. The SMILES string of the molecule is CN(CCCCN(C)C(=O)c1ccccc1C=O)C(=O)OC(C)(C)C. The van der Waals surface area contributed by atoms with Gasteiger partial charge in [-0.05, 0) is 39.7 Å². The summed E-state index contributed by atoms with van der Waals surface area (Å²) >= 11 is 0. The van der Waals surface area contributed by atoms with Crippen molar-refractivity contribution in [3.05, 3.63) is 35.4 Å². The largest absolute Gasteiger partial charge is 0.444 e. The van der Waals surface area contributed by atoms with E-state index >= 15 is 0 Å². The maximum absolute atomic E-state index is 12.4. The highest BCUT2D eigenvalue weighted by Gasteiger charge is 2.19. The molecule has 0 saturated heterocycles. The van der Waals surface area contributed by atoms with Crippen LogP contribution in [0.5, 0.6) is 0 Å². The number of hydrogen-bond acceptors (Lipinski definition) is 4. The molecule has 1 rings (SSSR count). The van der Waals surface area contributed by atoms with Crippen LogP contribution in [-0.4, -0.2) is 60.9 Å². The van der Waals surface area contributed by atoms with Gasteiger partial charge >= 0.3 is 6.09 Å². The fraction of sp³-hybridized carbons (Fsp3) is 0.526. The molecule has 6 nitrogen and oxygen atoms in total. The zero-order valence-corrected chi connectivity index (χ0v) is 15.7. The number of unbranched alkanes of at least 4 members (excludes halogenated alkanes) is 1. The van der Waals surface area contributed by atoms with Crippen LogP contribution in [0.2, 0.25) is 0 Å². The highest BCUT2D eigenvalue weighted by Crippen LogP contribution is 2.11. The number of amides is 2. The molecule has 0 aliphatic rings. The highest BCUT2D eigenvalue weighted by molar-refractivity contribution is 6.01. The molecule has 0 aromatic heterocycles. The van der Waals surface area contributed by atoms with Gasteiger partial charge in [0.1, 0.15) is 5.60 Å². The minimum absolute atomic E-state index is 0.178. The molecule has 1 aromatic rings. The van der Waals surface area contributed by atoms with E-state index in [-0.39, 0.29) is 12.0 Å². The van der Waals surface area contributed by atoms with E-state index in [1.807, 2.05) is 20.8 Å². The molecule has 0 aliphatic carbocycles. The predicted octanol–water partition coefficient (Wildman–Crippen LogP) is 3.22. The fourth-order valence-electron chi connectivity index (χ4n) is 2.23. The number of benzene rings is 1. The summed E-state index contributed by atoms with van der Waals surface area (Å²) in [4.78, 5) is 38.4. The molecule has 0 saturated carbocycles. The predicted molar refractivity (Wildman–Crippen MR) is 96.9 cm³/mol. The molecule has 6 heteroatoms. The molecule has 25 heavy (non-hydrogen) atoms. The van der Waals surface area contributed by atoms with Gasteiger partial charge in [0, 0.05) is 32.7 Å². The van der Waals surface area contributed by atoms with Gasteiger partial charge < -0.3 is 14.5 Å². The maximum atomic E-state index is 12.4. The van der Waals surface area contributed by atoms with Gasteiger partial charge in [-0.2, -0.15) is 0 Å². The van der Waals surface area contributed by atoms with Gasteiger partial charge in [0.05, 0.1) is 5.56 Å². The lowest BCUT2D eigenvalue weighted by molar-refractivity contribution is 0.0294. The minimum atomic E-state index is -0.510. The second kappa shape index (κ2) is 9.20. The number of carbonyl (C=O) groups is 3. The summed E-state index contributed by atoms with van der Waals surface area (Å²) in [6.07, 6.45) is 1.84. The Morgan fingerprint density at radius 2 is 1.60 bits per heavy atom. The van der Waals surface area contributed by atoms with Gasteiger partial charge in [0.2, 0.25) is 0 Å². The van der Waals surface area contributed by atoms with Crippen molar-refractivity contribution in [1.82, 2.24) is 9.80 Å². The topological polar surface area (TPSA) is 66.9 Å². The second-order valence-corrected chi connectivity index (χ2v) is 7.04. The molecule has 0 fully saturated rings. The lowest BCUT2D eigenvalue weighted by Crippen LogP contribution is -2.35. The van der Waals surface area contributed by atoms with E-state index in [2.05, 4.69) is 0 Å². The van der Waals surface area contributed by atoms with Crippen LogP contribution in [0.1, 0.15) is 54.3 Å². The third-order valence-corrected chi connectivity index (χ3v) is 3.61. The van der Waals surface area contributed by atoms with Crippen LogP contribution >= 0.6 is 0 Å². The Balaban J connectivity index is 2.42. The van der Waals surface area contributed by atoms with Crippen molar-refractivity contribution in [3.63, 3.8) is 0 Å². The average molecular weight is 348 g/mol. The summed E-state index contributed by atoms with van der Waals surface area (Å²) in [5, 5.41) is 0. The Hall–Kier alpha value is -2.37. The lowest BCUT2D eigenvalue weighted by Gasteiger charge is -2.25. The highest BCUT2D eigenvalue weighted by atomic mass is 16.6. The second-order valence-electron chi connectivity index (χ2n) is 7.04. The molecule has 0 atom stereocenters. The van der Waals surface area contributed by atoms with Crippen LogP contribution in [-0.2, 0) is 4.74 Å². The van der Waals surface area contributed by atoms with Gasteiger partial charge in [0.15, 0.2) is 6.29 Å². The smallest absolute Gasteiger partial charge is 0.410 e. The summed E-state index contributed by atoms with van der Waals surface area (Å²) in [5.74, 6) is -0.178. The molecule has 138 valence electrons. The lowest BCUT2D eigenvalue weighted by atomic mass is 10.1. The van der Waals surface area contributed by atoms with Crippen LogP contribution in [0.15, 0.2) is 24.3 Å². The summed E-state index contributed by atoms with van der Waals surface area (Å²) < 4.78 is 5.29. The molecule has 0 radical (unpaired) electrons. The third-order valence-electron chi connectivity index (χ3n) is 3.61. The van der Waals surface area contributed by atoms with Crippen LogP contribution in [0.25, 0.3) is 0 Å². The van der Waals surface area contributed by atoms with Crippen molar-refractivity contribution in [2.45, 2.75) is 39.2 Å². The Kier molecular flexibility index (Phi) is 7.61. The molecule has 0 bridgehead atoms. The van der Waals surface area contributed by atoms with Crippen molar-refractivity contribution in [2.75, 3.05) is 27.2 Å². The van der Waals surface area contributed by atoms with E-state index in [9.17, 15) is 14.4 Å². The van der Waals surface area contributed by atoms with Crippen molar-refractivity contribution in [3.8, 4) is 0 Å². The molecular formula is C19H28N2O4. The van der Waals surface area contributed by atoms with E-state index in [4.69, 9.17) is 4.74 Å². The van der Waals surface area contributed by atoms with Crippen molar-refractivity contribution in [1.29, 1.82) is 0 Å². The molecule has 1 aromatic carbocycles. The van der Waals surface area contributed by atoms with Crippen LogP contribution in [0, 0.1) is 0 Å². The monoisotopic (exact) mass is 348 g/mol. The average Bonchev–Trinajstić information content (AvgIpc) is 2.55. The number of carbonyl (C=O) groups excluding carboxylic acids is 3. The normalized spacial score (nSPS) is 10.9. The number of aldehydes is 1. The maximum Gasteiger partial charge on any atom is 0.410 e. The standard InChI is InChI=1S/C19H28N2O4/c1-19(2,3)25-18(24)21(5)13-9-8-12-20(4)17(23)16-11-7-6-10-15(16)14-22/h6-7,10-11,14H,8-9,12-13H2,1-5H3. The summed E-state index contributed by atoms with van der Waals surface area (Å²) in [6, 6.07) is 6.75. The minimum Gasteiger partial charge on any atom is -0.444 e. The zero-order chi connectivity index (χ0) is 19.0. The van der Waals surface area contributed by atoms with Crippen molar-refractivity contribution >= 4 is 18.3 Å². The molecular weight excluding hydrogens is 320 g/mol. The number of rotatable bonds is 7. The Morgan fingerprint density at radius 3 is 2.16 bits per heavy atom. The van der Waals surface area contributed by atoms with Gasteiger partial charge in [0.25, 0.3) is 5.91 Å². The van der Waals surface area contributed by atoms with Gasteiger partial charge in [-0.15, -0.1) is 0 Å².